The average Bonchev–Trinajstić information content (AvgIpc) is 2.47. The van der Waals surface area contributed by atoms with E-state index in [2.05, 4.69) is 0 Å². The molecule has 0 saturated heterocycles. The molecule has 0 radical (unpaired) electrons. The molecule has 2 rings (SSSR count). The molecule has 0 spiro atoms. The van der Waals surface area contributed by atoms with Gasteiger partial charge in [-0.1, -0.05) is 12.1 Å². The van der Waals surface area contributed by atoms with E-state index in [9.17, 15) is 13.6 Å². The van der Waals surface area contributed by atoms with Crippen molar-refractivity contribution in [2.75, 3.05) is 12.9 Å². The molecule has 2 aromatic carbocycles. The Morgan fingerprint density at radius 3 is 2.70 bits per heavy atom. The molecule has 0 atom stereocenters. The number of benzene rings is 2. The lowest BCUT2D eigenvalue weighted by Crippen LogP contribution is -2.13. The predicted molar refractivity (Wildman–Crippen MR) is 74.4 cm³/mol. The Balaban J connectivity index is 2.11. The van der Waals surface area contributed by atoms with Crippen molar-refractivity contribution in [1.82, 2.24) is 0 Å². The van der Waals surface area contributed by atoms with E-state index >= 15 is 0 Å². The molecule has 2 nitrogen and oxygen atoms in total. The number of carbonyl (C=O) groups is 1. The minimum Gasteiger partial charge on any atom is -0.484 e. The fourth-order valence-corrected chi connectivity index (χ4v) is 2.21. The number of para-hydroxylation sites is 1. The summed E-state index contributed by atoms with van der Waals surface area (Å²) in [5, 5.41) is 0. The third-order valence-electron chi connectivity index (χ3n) is 2.66. The van der Waals surface area contributed by atoms with E-state index < -0.39 is 17.4 Å². The van der Waals surface area contributed by atoms with Crippen LogP contribution in [0.1, 0.15) is 10.4 Å². The van der Waals surface area contributed by atoms with Crippen molar-refractivity contribution in [3.05, 3.63) is 59.7 Å². The van der Waals surface area contributed by atoms with Crippen LogP contribution in [0.3, 0.4) is 0 Å². The molecule has 5 heteroatoms. The monoisotopic (exact) mass is 294 g/mol. The lowest BCUT2D eigenvalue weighted by Gasteiger charge is -2.09. The van der Waals surface area contributed by atoms with E-state index in [1.54, 1.807) is 12.1 Å². The fourth-order valence-electron chi connectivity index (χ4n) is 1.67. The number of rotatable bonds is 5. The van der Waals surface area contributed by atoms with Crippen molar-refractivity contribution in [3.8, 4) is 5.75 Å². The van der Waals surface area contributed by atoms with Gasteiger partial charge in [0.2, 0.25) is 5.78 Å². The van der Waals surface area contributed by atoms with Gasteiger partial charge in [0.05, 0.1) is 5.56 Å². The maximum absolute atomic E-state index is 13.4. The summed E-state index contributed by atoms with van der Waals surface area (Å²) < 4.78 is 31.9. The van der Waals surface area contributed by atoms with E-state index in [1.165, 1.54) is 11.8 Å². The number of ketones is 1. The summed E-state index contributed by atoms with van der Waals surface area (Å²) >= 11 is 1.48. The third-order valence-corrected chi connectivity index (χ3v) is 3.43. The van der Waals surface area contributed by atoms with E-state index in [1.807, 2.05) is 18.4 Å². The smallest absolute Gasteiger partial charge is 0.203 e. The Morgan fingerprint density at radius 2 is 1.95 bits per heavy atom. The minimum atomic E-state index is -0.752. The van der Waals surface area contributed by atoms with Crippen LogP contribution in [0.5, 0.6) is 5.75 Å². The topological polar surface area (TPSA) is 26.3 Å². The molecule has 0 aromatic heterocycles. The second-order valence-corrected chi connectivity index (χ2v) is 4.83. The van der Waals surface area contributed by atoms with Gasteiger partial charge in [-0.05, 0) is 36.6 Å². The first-order valence-corrected chi connectivity index (χ1v) is 7.08. The molecule has 0 saturated carbocycles. The van der Waals surface area contributed by atoms with E-state index in [4.69, 9.17) is 4.74 Å². The van der Waals surface area contributed by atoms with E-state index in [0.29, 0.717) is 5.75 Å². The molecule has 0 N–H and O–H groups in total. The van der Waals surface area contributed by atoms with Crippen molar-refractivity contribution >= 4 is 17.5 Å². The number of ether oxygens (including phenoxy) is 1. The molecule has 0 bridgehead atoms. The highest BCUT2D eigenvalue weighted by molar-refractivity contribution is 7.98. The molecule has 0 unspecified atom stereocenters. The summed E-state index contributed by atoms with van der Waals surface area (Å²) in [6, 6.07) is 9.99. The second-order valence-electron chi connectivity index (χ2n) is 3.99. The maximum Gasteiger partial charge on any atom is 0.203 e. The lowest BCUT2D eigenvalue weighted by molar-refractivity contribution is 0.0915. The number of thioether (sulfide) groups is 1. The first-order valence-electron chi connectivity index (χ1n) is 5.86. The van der Waals surface area contributed by atoms with Crippen LogP contribution in [0.4, 0.5) is 8.78 Å². The van der Waals surface area contributed by atoms with Crippen LogP contribution in [0.2, 0.25) is 0 Å². The summed E-state index contributed by atoms with van der Waals surface area (Å²) in [5.74, 6) is -1.46. The Kier molecular flexibility index (Phi) is 4.74. The van der Waals surface area contributed by atoms with Gasteiger partial charge in [-0.3, -0.25) is 4.79 Å². The molecule has 0 heterocycles. The highest BCUT2D eigenvalue weighted by Crippen LogP contribution is 2.27. The quantitative estimate of drug-likeness (QED) is 0.617. The Labute approximate surface area is 119 Å². The fraction of sp³-hybridized carbons (Fsp3) is 0.133. The van der Waals surface area contributed by atoms with Crippen molar-refractivity contribution < 1.29 is 18.3 Å². The van der Waals surface area contributed by atoms with Crippen molar-refractivity contribution in [2.24, 2.45) is 0 Å². The number of Topliss-reactive ketones (excluding diaryl/α,β-unsaturated/α-hetero) is 1. The van der Waals surface area contributed by atoms with Gasteiger partial charge in [0.25, 0.3) is 0 Å². The van der Waals surface area contributed by atoms with Gasteiger partial charge >= 0.3 is 0 Å². The number of carbonyl (C=O) groups excluding carboxylic acids is 1. The van der Waals surface area contributed by atoms with Gasteiger partial charge in [-0.25, -0.2) is 8.78 Å². The number of hydrogen-bond donors (Lipinski definition) is 0. The first-order chi connectivity index (χ1) is 9.61. The Morgan fingerprint density at radius 1 is 1.20 bits per heavy atom. The zero-order chi connectivity index (χ0) is 14.5. The molecular weight excluding hydrogens is 282 g/mol. The standard InChI is InChI=1S/C15H12F2O2S/c1-20-15-5-3-2-4-14(15)19-9-13(18)11-8-10(16)6-7-12(11)17/h2-8H,9H2,1H3. The molecule has 0 aliphatic rings. The lowest BCUT2D eigenvalue weighted by atomic mass is 10.1. The normalized spacial score (nSPS) is 10.3. The summed E-state index contributed by atoms with van der Waals surface area (Å²) in [6.45, 7) is -0.335. The van der Waals surface area contributed by atoms with Gasteiger partial charge in [0, 0.05) is 4.90 Å². The van der Waals surface area contributed by atoms with E-state index in [-0.39, 0.29) is 12.2 Å². The Bertz CT molecular complexity index is 629. The highest BCUT2D eigenvalue weighted by atomic mass is 32.2. The van der Waals surface area contributed by atoms with Crippen LogP contribution >= 0.6 is 11.8 Å². The molecule has 0 amide bonds. The number of halogens is 2. The van der Waals surface area contributed by atoms with E-state index in [0.717, 1.165) is 23.1 Å². The molecule has 0 aliphatic carbocycles. The van der Waals surface area contributed by atoms with Gasteiger partial charge in [-0.15, -0.1) is 11.8 Å². The molecule has 0 aliphatic heterocycles. The molecular formula is C15H12F2O2S. The highest BCUT2D eigenvalue weighted by Gasteiger charge is 2.14. The largest absolute Gasteiger partial charge is 0.484 e. The minimum absolute atomic E-state index is 0.299. The van der Waals surface area contributed by atoms with Crippen LogP contribution in [0.25, 0.3) is 0 Å². The maximum atomic E-state index is 13.4. The first kappa shape index (κ1) is 14.5. The van der Waals surface area contributed by atoms with Crippen LogP contribution in [0, 0.1) is 11.6 Å². The van der Waals surface area contributed by atoms with Gasteiger partial charge < -0.3 is 4.74 Å². The van der Waals surface area contributed by atoms with Gasteiger partial charge in [0.1, 0.15) is 17.4 Å². The van der Waals surface area contributed by atoms with Gasteiger partial charge in [0.15, 0.2) is 6.61 Å². The zero-order valence-corrected chi connectivity index (χ0v) is 11.5. The average molecular weight is 294 g/mol. The van der Waals surface area contributed by atoms with Crippen molar-refractivity contribution in [1.29, 1.82) is 0 Å². The van der Waals surface area contributed by atoms with Gasteiger partial charge in [-0.2, -0.15) is 0 Å². The Hall–Kier alpha value is -1.88. The molecule has 0 fully saturated rings. The summed E-state index contributed by atoms with van der Waals surface area (Å²) in [6.07, 6.45) is 1.89. The second kappa shape index (κ2) is 6.52. The van der Waals surface area contributed by atoms with Crippen LogP contribution in [0.15, 0.2) is 47.4 Å². The SMILES string of the molecule is CSc1ccccc1OCC(=O)c1cc(F)ccc1F. The molecule has 104 valence electrons. The summed E-state index contributed by atoms with van der Waals surface area (Å²) in [4.78, 5) is 12.7. The number of hydrogen-bond acceptors (Lipinski definition) is 3. The zero-order valence-electron chi connectivity index (χ0n) is 10.7. The molecule has 20 heavy (non-hydrogen) atoms. The summed E-state index contributed by atoms with van der Waals surface area (Å²) in [5.41, 5.74) is -0.299. The van der Waals surface area contributed by atoms with Crippen LogP contribution in [-0.4, -0.2) is 18.6 Å². The summed E-state index contributed by atoms with van der Waals surface area (Å²) in [7, 11) is 0. The predicted octanol–water partition coefficient (Wildman–Crippen LogP) is 3.95. The van der Waals surface area contributed by atoms with Crippen LogP contribution in [-0.2, 0) is 0 Å². The molecule has 2 aromatic rings. The van der Waals surface area contributed by atoms with Crippen molar-refractivity contribution in [2.45, 2.75) is 4.90 Å². The van der Waals surface area contributed by atoms with Crippen LogP contribution < -0.4 is 4.74 Å². The van der Waals surface area contributed by atoms with Crippen molar-refractivity contribution in [3.63, 3.8) is 0 Å². The third kappa shape index (κ3) is 3.36.